The van der Waals surface area contributed by atoms with Crippen molar-refractivity contribution >= 4 is 18.4 Å². The van der Waals surface area contributed by atoms with E-state index in [1.165, 1.54) is 50.2 Å². The molecule has 0 saturated carbocycles. The van der Waals surface area contributed by atoms with Crippen molar-refractivity contribution in [3.8, 4) is 0 Å². The third-order valence-electron chi connectivity index (χ3n) is 4.68. The fraction of sp³-hybridized carbons (Fsp3) is 0.700. The summed E-state index contributed by atoms with van der Waals surface area (Å²) in [5.74, 6) is 0. The van der Waals surface area contributed by atoms with Gasteiger partial charge in [0.25, 0.3) is 0 Å². The summed E-state index contributed by atoms with van der Waals surface area (Å²) >= 11 is -2.10. The molecule has 2 heteroatoms. The minimum absolute atomic E-state index is 1.21. The second-order valence-electron chi connectivity index (χ2n) is 6.28. The first-order chi connectivity index (χ1) is 10.7. The summed E-state index contributed by atoms with van der Waals surface area (Å²) in [6, 6.07) is 0. The molecular formula is C20H39NSn. The zero-order valence-corrected chi connectivity index (χ0v) is 18.6. The number of rotatable bonds is 13. The second-order valence-corrected chi connectivity index (χ2v) is 20.0. The van der Waals surface area contributed by atoms with E-state index in [1.807, 2.05) is 0 Å². The Labute approximate surface area is 144 Å². The Kier molecular flexibility index (Phi) is 14.5. The van der Waals surface area contributed by atoms with E-state index in [9.17, 15) is 0 Å². The molecule has 0 bridgehead atoms. The summed E-state index contributed by atoms with van der Waals surface area (Å²) in [5, 5.41) is 0. The van der Waals surface area contributed by atoms with E-state index in [2.05, 4.69) is 76.0 Å². The average Bonchev–Trinajstić information content (AvgIpc) is 2.53. The molecule has 22 heavy (non-hydrogen) atoms. The number of hydrogen-bond donors (Lipinski definition) is 0. The third-order valence-corrected chi connectivity index (χ3v) is 19.4. The Balaban J connectivity index is 5.05. The topological polar surface area (TPSA) is 3.24 Å². The van der Waals surface area contributed by atoms with E-state index in [0.29, 0.717) is 0 Å². The van der Waals surface area contributed by atoms with Crippen LogP contribution < -0.4 is 0 Å². The van der Waals surface area contributed by atoms with E-state index >= 15 is 0 Å². The van der Waals surface area contributed by atoms with Gasteiger partial charge in [-0.25, -0.2) is 0 Å². The van der Waals surface area contributed by atoms with E-state index in [1.54, 1.807) is 0 Å². The van der Waals surface area contributed by atoms with Gasteiger partial charge in [0.05, 0.1) is 0 Å². The molecule has 0 aromatic rings. The van der Waals surface area contributed by atoms with Gasteiger partial charge in [0, 0.05) is 0 Å². The van der Waals surface area contributed by atoms with Gasteiger partial charge in [-0.2, -0.15) is 0 Å². The Morgan fingerprint density at radius 1 is 0.682 bits per heavy atom. The fourth-order valence-corrected chi connectivity index (χ4v) is 17.4. The van der Waals surface area contributed by atoms with Crippen LogP contribution in [0.4, 0.5) is 0 Å². The van der Waals surface area contributed by atoms with Gasteiger partial charge in [-0.1, -0.05) is 0 Å². The van der Waals surface area contributed by atoms with E-state index in [4.69, 9.17) is 0 Å². The molecule has 1 nitrogen and oxygen atoms in total. The normalized spacial score (nSPS) is 15.5. The molecule has 0 unspecified atom stereocenters. The third kappa shape index (κ3) is 9.89. The molecule has 0 rings (SSSR count). The molecule has 0 heterocycles. The molecule has 0 aliphatic heterocycles. The molecule has 128 valence electrons. The molecule has 0 fully saturated rings. The molecular weight excluding hydrogens is 373 g/mol. The summed E-state index contributed by atoms with van der Waals surface area (Å²) < 4.78 is 6.01. The van der Waals surface area contributed by atoms with Crippen molar-refractivity contribution in [3.05, 3.63) is 36.5 Å². The van der Waals surface area contributed by atoms with Crippen LogP contribution in [-0.4, -0.2) is 40.9 Å². The predicted octanol–water partition coefficient (Wildman–Crippen LogP) is 6.21. The van der Waals surface area contributed by atoms with Gasteiger partial charge in [0.1, 0.15) is 0 Å². The molecule has 0 N–H and O–H groups in total. The number of allylic oxidation sites excluding steroid dienone is 6. The van der Waals surface area contributed by atoms with Gasteiger partial charge in [-0.05, 0) is 0 Å². The van der Waals surface area contributed by atoms with Crippen LogP contribution in [0.3, 0.4) is 0 Å². The van der Waals surface area contributed by atoms with Crippen LogP contribution in [0.15, 0.2) is 36.5 Å². The number of hydrogen-bond acceptors (Lipinski definition) is 1. The van der Waals surface area contributed by atoms with Gasteiger partial charge in [-0.3, -0.25) is 0 Å². The van der Waals surface area contributed by atoms with Crippen molar-refractivity contribution < 1.29 is 0 Å². The number of nitrogens with zero attached hydrogens (tertiary/aromatic N) is 1. The van der Waals surface area contributed by atoms with E-state index in [-0.39, 0.29) is 0 Å². The summed E-state index contributed by atoms with van der Waals surface area (Å²) in [7, 11) is 0. The Bertz CT molecular complexity index is 286. The second kappa shape index (κ2) is 14.6. The van der Waals surface area contributed by atoms with E-state index in [0.717, 1.165) is 0 Å². The molecule has 0 spiro atoms. The van der Waals surface area contributed by atoms with Crippen LogP contribution >= 0.6 is 0 Å². The molecule has 0 aliphatic carbocycles. The Morgan fingerprint density at radius 3 is 1.32 bits per heavy atom. The van der Waals surface area contributed by atoms with Crippen LogP contribution in [0.5, 0.6) is 0 Å². The van der Waals surface area contributed by atoms with Crippen molar-refractivity contribution in [2.75, 3.05) is 17.7 Å². The SMILES string of the molecule is CC=CC[CH2][Sn]([CH2]CC=CC)([CH2]CC=CC)[CH2]N(CC)CC. The summed E-state index contributed by atoms with van der Waals surface area (Å²) in [6.07, 6.45) is 17.8. The molecule has 0 aromatic heterocycles. The summed E-state index contributed by atoms with van der Waals surface area (Å²) in [6.45, 7) is 13.5. The van der Waals surface area contributed by atoms with Crippen molar-refractivity contribution in [1.29, 1.82) is 0 Å². The molecule has 0 saturated heterocycles. The molecule has 0 aliphatic rings. The molecule has 0 amide bonds. The standard InChI is InChI=1S/C5H12N.3C5H9.Sn/c1-4-6(3)5-2;3*1-3-5-4-2;/h3-5H2,1-2H3;3*4-5H,1,3H2,2H3;. The minimum atomic E-state index is -2.10. The van der Waals surface area contributed by atoms with Gasteiger partial charge in [-0.15, -0.1) is 0 Å². The van der Waals surface area contributed by atoms with Crippen molar-refractivity contribution in [1.82, 2.24) is 4.90 Å². The zero-order chi connectivity index (χ0) is 16.7. The van der Waals surface area contributed by atoms with Crippen molar-refractivity contribution in [3.63, 3.8) is 0 Å². The van der Waals surface area contributed by atoms with E-state index < -0.39 is 18.4 Å². The van der Waals surface area contributed by atoms with Gasteiger partial charge < -0.3 is 0 Å². The van der Waals surface area contributed by atoms with Crippen molar-refractivity contribution in [2.45, 2.75) is 67.2 Å². The van der Waals surface area contributed by atoms with Crippen LogP contribution in [0.1, 0.15) is 53.9 Å². The van der Waals surface area contributed by atoms with Crippen molar-refractivity contribution in [2.24, 2.45) is 0 Å². The fourth-order valence-electron chi connectivity index (χ4n) is 3.20. The van der Waals surface area contributed by atoms with Crippen LogP contribution in [0.2, 0.25) is 13.3 Å². The first-order valence-electron chi connectivity index (χ1n) is 9.23. The van der Waals surface area contributed by atoms with Gasteiger partial charge in [0.2, 0.25) is 0 Å². The van der Waals surface area contributed by atoms with Gasteiger partial charge >= 0.3 is 145 Å². The van der Waals surface area contributed by atoms with Crippen LogP contribution in [0, 0.1) is 0 Å². The molecule has 0 aromatic carbocycles. The first-order valence-corrected chi connectivity index (χ1v) is 17.3. The summed E-state index contributed by atoms with van der Waals surface area (Å²) in [4.78, 5) is 2.71. The molecule has 0 atom stereocenters. The monoisotopic (exact) mass is 413 g/mol. The van der Waals surface area contributed by atoms with Crippen LogP contribution in [-0.2, 0) is 0 Å². The average molecular weight is 412 g/mol. The van der Waals surface area contributed by atoms with Gasteiger partial charge in [0.15, 0.2) is 0 Å². The Morgan fingerprint density at radius 2 is 1.05 bits per heavy atom. The zero-order valence-electron chi connectivity index (χ0n) is 15.8. The Hall–Kier alpha value is -0.0213. The molecule has 0 radical (unpaired) electrons. The van der Waals surface area contributed by atoms with Crippen LogP contribution in [0.25, 0.3) is 0 Å². The first kappa shape index (κ1) is 22.0. The summed E-state index contributed by atoms with van der Waals surface area (Å²) in [5.41, 5.74) is 0. The quantitative estimate of drug-likeness (QED) is 0.257. The maximum atomic E-state index is 2.71. The predicted molar refractivity (Wildman–Crippen MR) is 106 cm³/mol. The maximum absolute atomic E-state index is 2.71.